The first kappa shape index (κ1) is 23.2. The summed E-state index contributed by atoms with van der Waals surface area (Å²) in [6.07, 6.45) is -0.776. The van der Waals surface area contributed by atoms with Gasteiger partial charge in [0.15, 0.2) is 0 Å². The highest BCUT2D eigenvalue weighted by atomic mass is 19.4. The minimum absolute atomic E-state index is 0.616. The number of rotatable bonds is 3. The van der Waals surface area contributed by atoms with Crippen LogP contribution >= 0.6 is 0 Å². The summed E-state index contributed by atoms with van der Waals surface area (Å²) in [7, 11) is 0. The summed E-state index contributed by atoms with van der Waals surface area (Å²) in [6, 6.07) is 31.3. The second-order valence-corrected chi connectivity index (χ2v) is 9.45. The van der Waals surface area contributed by atoms with Crippen LogP contribution in [0.2, 0.25) is 0 Å². The molecule has 0 saturated heterocycles. The van der Waals surface area contributed by atoms with Gasteiger partial charge in [-0.1, -0.05) is 42.5 Å². The molecule has 0 fully saturated rings. The van der Waals surface area contributed by atoms with Crippen LogP contribution in [0.25, 0.3) is 66.4 Å². The van der Waals surface area contributed by atoms with Gasteiger partial charge in [-0.3, -0.25) is 4.98 Å². The Kier molecular flexibility index (Phi) is 5.23. The Morgan fingerprint density at radius 2 is 1.26 bits per heavy atom. The van der Waals surface area contributed by atoms with Crippen LogP contribution < -0.4 is 0 Å². The van der Waals surface area contributed by atoms with Crippen LogP contribution in [0.3, 0.4) is 0 Å². The predicted molar refractivity (Wildman–Crippen MR) is 148 cm³/mol. The number of aromatic nitrogens is 2. The Morgan fingerprint density at radius 1 is 0.564 bits per heavy atom. The number of halogens is 3. The SMILES string of the molecule is FC(F)(F)c1ccc(-c2ccc3ccc(-c4ccc(-c5ccc6oc7ncccc7c6c5)nc4)cc3c2)cc1. The maximum atomic E-state index is 13.0. The lowest BCUT2D eigenvalue weighted by Crippen LogP contribution is -2.03. The van der Waals surface area contributed by atoms with Gasteiger partial charge in [0, 0.05) is 34.3 Å². The monoisotopic (exact) mass is 516 g/mol. The number of fused-ring (bicyclic) bond motifs is 4. The minimum Gasteiger partial charge on any atom is -0.438 e. The van der Waals surface area contributed by atoms with Crippen LogP contribution in [0.1, 0.15) is 5.56 Å². The highest BCUT2D eigenvalue weighted by molar-refractivity contribution is 6.04. The van der Waals surface area contributed by atoms with Gasteiger partial charge in [0.25, 0.3) is 0 Å². The highest BCUT2D eigenvalue weighted by Gasteiger charge is 2.30. The van der Waals surface area contributed by atoms with E-state index in [-0.39, 0.29) is 0 Å². The van der Waals surface area contributed by atoms with Crippen molar-refractivity contribution in [3.63, 3.8) is 0 Å². The van der Waals surface area contributed by atoms with Gasteiger partial charge in [-0.15, -0.1) is 0 Å². The molecule has 4 aromatic carbocycles. The molecule has 0 atom stereocenters. The summed E-state index contributed by atoms with van der Waals surface area (Å²) in [5, 5.41) is 4.02. The molecule has 3 nitrogen and oxygen atoms in total. The number of hydrogen-bond acceptors (Lipinski definition) is 3. The molecule has 0 radical (unpaired) electrons. The van der Waals surface area contributed by atoms with E-state index in [1.165, 1.54) is 12.1 Å². The fourth-order valence-electron chi connectivity index (χ4n) is 4.96. The maximum Gasteiger partial charge on any atom is 0.416 e. The molecule has 0 bridgehead atoms. The zero-order valence-corrected chi connectivity index (χ0v) is 20.4. The Bertz CT molecular complexity index is 1990. The van der Waals surface area contributed by atoms with E-state index in [9.17, 15) is 13.2 Å². The molecule has 3 heterocycles. The molecule has 0 N–H and O–H groups in total. The quantitative estimate of drug-likeness (QED) is 0.235. The molecule has 7 rings (SSSR count). The van der Waals surface area contributed by atoms with Gasteiger partial charge in [0.1, 0.15) is 5.58 Å². The van der Waals surface area contributed by atoms with Crippen LogP contribution in [0, 0.1) is 0 Å². The lowest BCUT2D eigenvalue weighted by molar-refractivity contribution is -0.137. The number of pyridine rings is 2. The fourth-order valence-corrected chi connectivity index (χ4v) is 4.96. The van der Waals surface area contributed by atoms with Crippen molar-refractivity contribution in [2.45, 2.75) is 6.18 Å². The molecule has 6 heteroatoms. The molecular weight excluding hydrogens is 497 g/mol. The molecule has 0 unspecified atom stereocenters. The molecule has 39 heavy (non-hydrogen) atoms. The second kappa shape index (κ2) is 8.81. The average molecular weight is 517 g/mol. The van der Waals surface area contributed by atoms with Crippen molar-refractivity contribution in [2.75, 3.05) is 0 Å². The average Bonchev–Trinajstić information content (AvgIpc) is 3.34. The normalized spacial score (nSPS) is 12.0. The zero-order chi connectivity index (χ0) is 26.6. The first-order valence-corrected chi connectivity index (χ1v) is 12.4. The second-order valence-electron chi connectivity index (χ2n) is 9.45. The van der Waals surface area contributed by atoms with E-state index in [0.717, 1.165) is 72.8 Å². The molecule has 3 aromatic heterocycles. The smallest absolute Gasteiger partial charge is 0.416 e. The van der Waals surface area contributed by atoms with Crippen molar-refractivity contribution >= 4 is 32.8 Å². The summed E-state index contributed by atoms with van der Waals surface area (Å²) in [6.45, 7) is 0. The van der Waals surface area contributed by atoms with Gasteiger partial charge in [-0.05, 0) is 88.1 Å². The molecule has 0 spiro atoms. The van der Waals surface area contributed by atoms with Crippen molar-refractivity contribution in [1.29, 1.82) is 0 Å². The highest BCUT2D eigenvalue weighted by Crippen LogP contribution is 2.34. The molecular formula is C33H19F3N2O. The lowest BCUT2D eigenvalue weighted by Gasteiger charge is -2.10. The topological polar surface area (TPSA) is 38.9 Å². The van der Waals surface area contributed by atoms with E-state index >= 15 is 0 Å². The van der Waals surface area contributed by atoms with E-state index in [4.69, 9.17) is 9.40 Å². The van der Waals surface area contributed by atoms with Gasteiger partial charge >= 0.3 is 6.18 Å². The first-order chi connectivity index (χ1) is 18.9. The van der Waals surface area contributed by atoms with Gasteiger partial charge < -0.3 is 4.42 Å². The summed E-state index contributed by atoms with van der Waals surface area (Å²) < 4.78 is 44.7. The molecule has 7 aromatic rings. The van der Waals surface area contributed by atoms with Crippen LogP contribution in [-0.4, -0.2) is 9.97 Å². The molecule has 0 amide bonds. The third kappa shape index (κ3) is 4.20. The van der Waals surface area contributed by atoms with E-state index in [0.29, 0.717) is 5.71 Å². The standard InChI is InChI=1S/C33H19F3N2O/c34-33(35,36)27-11-7-20(8-12-27)22-5-3-21-4-6-23(17-26(21)16-22)25-9-13-30(38-19-25)24-10-14-31-29(18-24)28-2-1-15-37-32(28)39-31/h1-19H. The summed E-state index contributed by atoms with van der Waals surface area (Å²) in [5.41, 5.74) is 6.17. The van der Waals surface area contributed by atoms with Crippen molar-refractivity contribution in [1.82, 2.24) is 9.97 Å². The molecule has 188 valence electrons. The van der Waals surface area contributed by atoms with Crippen LogP contribution in [0.4, 0.5) is 13.2 Å². The predicted octanol–water partition coefficient (Wildman–Crippen LogP) is 9.55. The molecule has 0 saturated carbocycles. The fraction of sp³-hybridized carbons (Fsp3) is 0.0303. The summed E-state index contributed by atoms with van der Waals surface area (Å²) in [4.78, 5) is 9.03. The number of alkyl halides is 3. The van der Waals surface area contributed by atoms with E-state index < -0.39 is 11.7 Å². The van der Waals surface area contributed by atoms with Gasteiger partial charge in [0.2, 0.25) is 5.71 Å². The lowest BCUT2D eigenvalue weighted by atomic mass is 9.97. The Labute approximate surface area is 221 Å². The molecule has 0 aliphatic heterocycles. The number of nitrogens with zero attached hydrogens (tertiary/aromatic N) is 2. The van der Waals surface area contributed by atoms with Crippen LogP contribution in [-0.2, 0) is 6.18 Å². The number of furan rings is 1. The summed E-state index contributed by atoms with van der Waals surface area (Å²) in [5.74, 6) is 0. The van der Waals surface area contributed by atoms with E-state index in [1.54, 1.807) is 6.20 Å². The largest absolute Gasteiger partial charge is 0.438 e. The van der Waals surface area contributed by atoms with Crippen molar-refractivity contribution in [2.24, 2.45) is 0 Å². The van der Waals surface area contributed by atoms with Crippen molar-refractivity contribution in [3.05, 3.63) is 121 Å². The third-order valence-corrected chi connectivity index (χ3v) is 7.03. The maximum absolute atomic E-state index is 13.0. The van der Waals surface area contributed by atoms with Crippen LogP contribution in [0.15, 0.2) is 120 Å². The van der Waals surface area contributed by atoms with E-state index in [2.05, 4.69) is 17.1 Å². The number of benzene rings is 4. The van der Waals surface area contributed by atoms with Gasteiger partial charge in [-0.2, -0.15) is 13.2 Å². The zero-order valence-electron chi connectivity index (χ0n) is 20.4. The van der Waals surface area contributed by atoms with Crippen molar-refractivity contribution < 1.29 is 17.6 Å². The van der Waals surface area contributed by atoms with Gasteiger partial charge in [0.05, 0.1) is 11.3 Å². The Hall–Kier alpha value is -4.97. The minimum atomic E-state index is -4.35. The Balaban J connectivity index is 1.20. The van der Waals surface area contributed by atoms with Crippen LogP contribution in [0.5, 0.6) is 0 Å². The third-order valence-electron chi connectivity index (χ3n) is 7.03. The number of hydrogen-bond donors (Lipinski definition) is 0. The Morgan fingerprint density at radius 3 is 1.97 bits per heavy atom. The molecule has 0 aliphatic rings. The van der Waals surface area contributed by atoms with E-state index in [1.807, 2.05) is 72.9 Å². The first-order valence-electron chi connectivity index (χ1n) is 12.4. The van der Waals surface area contributed by atoms with Gasteiger partial charge in [-0.25, -0.2) is 4.98 Å². The molecule has 0 aliphatic carbocycles. The van der Waals surface area contributed by atoms with Crippen molar-refractivity contribution in [3.8, 4) is 33.5 Å². The summed E-state index contributed by atoms with van der Waals surface area (Å²) >= 11 is 0.